The summed E-state index contributed by atoms with van der Waals surface area (Å²) < 4.78 is 4.88. The molecule has 3 rings (SSSR count). The van der Waals surface area contributed by atoms with Crippen molar-refractivity contribution in [3.05, 3.63) is 41.7 Å². The van der Waals surface area contributed by atoms with Crippen LogP contribution in [0.4, 0.5) is 0 Å². The van der Waals surface area contributed by atoms with Crippen LogP contribution in [0.3, 0.4) is 0 Å². The maximum absolute atomic E-state index is 5.36. The number of fused-ring (bicyclic) bond motifs is 1. The second kappa shape index (κ2) is 4.10. The van der Waals surface area contributed by atoms with E-state index in [2.05, 4.69) is 46.6 Å². The third kappa shape index (κ3) is 1.67. The van der Waals surface area contributed by atoms with E-state index in [9.17, 15) is 0 Å². The van der Waals surface area contributed by atoms with E-state index in [0.717, 1.165) is 21.5 Å². The van der Waals surface area contributed by atoms with Crippen molar-refractivity contribution in [1.82, 2.24) is 19.1 Å². The first-order chi connectivity index (χ1) is 8.66. The number of aromatic amines is 1. The van der Waals surface area contributed by atoms with E-state index in [1.165, 1.54) is 0 Å². The summed E-state index contributed by atoms with van der Waals surface area (Å²) >= 11 is 5.36. The van der Waals surface area contributed by atoms with Crippen molar-refractivity contribution in [3.8, 4) is 5.69 Å². The molecule has 0 aliphatic carbocycles. The van der Waals surface area contributed by atoms with E-state index in [4.69, 9.17) is 12.2 Å². The number of nitrogens with zero attached hydrogens (tertiary/aromatic N) is 3. The first kappa shape index (κ1) is 11.2. The minimum absolute atomic E-state index is 0.337. The Balaban J connectivity index is 2.28. The Hall–Kier alpha value is -1.88. The van der Waals surface area contributed by atoms with Gasteiger partial charge in [0, 0.05) is 24.1 Å². The van der Waals surface area contributed by atoms with Crippen molar-refractivity contribution < 1.29 is 0 Å². The number of aromatic nitrogens is 4. The molecule has 1 N–H and O–H groups in total. The van der Waals surface area contributed by atoms with Crippen LogP contribution in [0, 0.1) is 4.77 Å². The second-order valence-electron chi connectivity index (χ2n) is 4.57. The third-order valence-corrected chi connectivity index (χ3v) is 3.32. The fourth-order valence-electron chi connectivity index (χ4n) is 2.20. The number of hydrogen-bond acceptors (Lipinski definition) is 2. The predicted molar refractivity (Wildman–Crippen MR) is 74.6 cm³/mol. The van der Waals surface area contributed by atoms with E-state index >= 15 is 0 Å². The molecule has 0 unspecified atom stereocenters. The molecule has 0 bridgehead atoms. The molecule has 0 fully saturated rings. The number of imidazole rings is 2. The minimum Gasteiger partial charge on any atom is -0.331 e. The van der Waals surface area contributed by atoms with Crippen LogP contribution in [0.1, 0.15) is 19.9 Å². The highest BCUT2D eigenvalue weighted by atomic mass is 32.1. The van der Waals surface area contributed by atoms with Crippen LogP contribution in [0.25, 0.3) is 16.7 Å². The summed E-state index contributed by atoms with van der Waals surface area (Å²) in [5.74, 6) is 0. The fraction of sp³-hybridized carbons (Fsp3) is 0.231. The van der Waals surface area contributed by atoms with E-state index in [0.29, 0.717) is 6.04 Å². The van der Waals surface area contributed by atoms with Gasteiger partial charge in [-0.15, -0.1) is 0 Å². The zero-order valence-corrected chi connectivity index (χ0v) is 11.1. The van der Waals surface area contributed by atoms with Gasteiger partial charge in [-0.2, -0.15) is 0 Å². The Kier molecular flexibility index (Phi) is 2.56. The molecule has 5 heteroatoms. The summed E-state index contributed by atoms with van der Waals surface area (Å²) in [6, 6.07) is 6.58. The van der Waals surface area contributed by atoms with Gasteiger partial charge < -0.3 is 14.1 Å². The topological polar surface area (TPSA) is 38.5 Å². The molecule has 18 heavy (non-hydrogen) atoms. The number of benzene rings is 1. The fourth-order valence-corrected chi connectivity index (χ4v) is 2.61. The van der Waals surface area contributed by atoms with Crippen molar-refractivity contribution in [2.75, 3.05) is 0 Å². The number of rotatable bonds is 2. The average molecular weight is 258 g/mol. The van der Waals surface area contributed by atoms with Crippen LogP contribution in [0.5, 0.6) is 0 Å². The van der Waals surface area contributed by atoms with Gasteiger partial charge in [0.2, 0.25) is 0 Å². The first-order valence-corrected chi connectivity index (χ1v) is 6.30. The summed E-state index contributed by atoms with van der Waals surface area (Å²) in [5.41, 5.74) is 3.28. The molecule has 92 valence electrons. The predicted octanol–water partition coefficient (Wildman–Crippen LogP) is 3.47. The molecule has 0 aliphatic rings. The smallest absolute Gasteiger partial charge is 0.178 e. The van der Waals surface area contributed by atoms with E-state index in [-0.39, 0.29) is 0 Å². The minimum atomic E-state index is 0.337. The lowest BCUT2D eigenvalue weighted by atomic mass is 10.2. The van der Waals surface area contributed by atoms with Gasteiger partial charge in [-0.25, -0.2) is 4.98 Å². The lowest BCUT2D eigenvalue weighted by Gasteiger charge is -2.09. The van der Waals surface area contributed by atoms with Crippen LogP contribution in [0.2, 0.25) is 0 Å². The molecular weight excluding hydrogens is 244 g/mol. The molecule has 0 spiro atoms. The van der Waals surface area contributed by atoms with Gasteiger partial charge in [0.15, 0.2) is 4.77 Å². The quantitative estimate of drug-likeness (QED) is 0.715. The molecule has 4 nitrogen and oxygen atoms in total. The Labute approximate surface area is 110 Å². The zero-order chi connectivity index (χ0) is 12.7. The highest BCUT2D eigenvalue weighted by Gasteiger charge is 2.08. The Morgan fingerprint density at radius 3 is 2.83 bits per heavy atom. The molecular formula is C13H14N4S. The third-order valence-electron chi connectivity index (χ3n) is 3.02. The molecule has 2 heterocycles. The lowest BCUT2D eigenvalue weighted by Crippen LogP contribution is -2.00. The first-order valence-electron chi connectivity index (χ1n) is 5.89. The number of H-pyrrole nitrogens is 1. The van der Waals surface area contributed by atoms with Gasteiger partial charge in [0.25, 0.3) is 0 Å². The largest absolute Gasteiger partial charge is 0.331 e. The molecule has 0 atom stereocenters. The van der Waals surface area contributed by atoms with E-state index in [1.807, 2.05) is 10.8 Å². The van der Waals surface area contributed by atoms with Crippen molar-refractivity contribution in [3.63, 3.8) is 0 Å². The molecule has 3 aromatic rings. The number of hydrogen-bond donors (Lipinski definition) is 1. The van der Waals surface area contributed by atoms with Crippen LogP contribution < -0.4 is 0 Å². The molecule has 0 saturated carbocycles. The van der Waals surface area contributed by atoms with Crippen LogP contribution >= 0.6 is 12.2 Å². The zero-order valence-electron chi connectivity index (χ0n) is 10.3. The van der Waals surface area contributed by atoms with Crippen molar-refractivity contribution in [2.45, 2.75) is 19.9 Å². The van der Waals surface area contributed by atoms with Crippen molar-refractivity contribution in [2.24, 2.45) is 0 Å². The van der Waals surface area contributed by atoms with Gasteiger partial charge in [0.05, 0.1) is 17.4 Å². The summed E-state index contributed by atoms with van der Waals surface area (Å²) in [6.07, 6.45) is 5.50. The van der Waals surface area contributed by atoms with E-state index in [1.54, 1.807) is 12.5 Å². The van der Waals surface area contributed by atoms with Crippen molar-refractivity contribution in [1.29, 1.82) is 0 Å². The second-order valence-corrected chi connectivity index (χ2v) is 4.95. The van der Waals surface area contributed by atoms with Crippen LogP contribution in [-0.4, -0.2) is 19.1 Å². The molecule has 0 saturated heterocycles. The monoisotopic (exact) mass is 258 g/mol. The van der Waals surface area contributed by atoms with Gasteiger partial charge in [-0.05, 0) is 44.3 Å². The Morgan fingerprint density at radius 2 is 2.17 bits per heavy atom. The summed E-state index contributed by atoms with van der Waals surface area (Å²) in [6.45, 7) is 4.26. The highest BCUT2D eigenvalue weighted by Crippen LogP contribution is 2.21. The van der Waals surface area contributed by atoms with Crippen LogP contribution in [-0.2, 0) is 0 Å². The molecule has 0 amide bonds. The highest BCUT2D eigenvalue weighted by molar-refractivity contribution is 7.71. The molecule has 1 aromatic carbocycles. The molecule has 0 radical (unpaired) electrons. The Morgan fingerprint density at radius 1 is 1.33 bits per heavy atom. The molecule has 0 aliphatic heterocycles. The SMILES string of the molecule is CC(C)n1c(=S)[nH]c2ccc(-n3ccnc3)cc21. The lowest BCUT2D eigenvalue weighted by molar-refractivity contribution is 0.610. The average Bonchev–Trinajstić information content (AvgIpc) is 2.92. The summed E-state index contributed by atoms with van der Waals surface area (Å²) in [7, 11) is 0. The maximum Gasteiger partial charge on any atom is 0.178 e. The number of nitrogens with one attached hydrogen (secondary N) is 1. The van der Waals surface area contributed by atoms with Gasteiger partial charge in [-0.1, -0.05) is 0 Å². The van der Waals surface area contributed by atoms with Gasteiger partial charge in [-0.3, -0.25) is 0 Å². The van der Waals surface area contributed by atoms with Gasteiger partial charge in [0.1, 0.15) is 0 Å². The normalized spacial score (nSPS) is 11.5. The van der Waals surface area contributed by atoms with Crippen molar-refractivity contribution >= 4 is 23.3 Å². The molecule has 2 aromatic heterocycles. The Bertz CT molecular complexity index is 734. The summed E-state index contributed by atoms with van der Waals surface area (Å²) in [4.78, 5) is 7.30. The van der Waals surface area contributed by atoms with Gasteiger partial charge >= 0.3 is 0 Å². The van der Waals surface area contributed by atoms with E-state index < -0.39 is 0 Å². The standard InChI is InChI=1S/C13H14N4S/c1-9(2)17-12-7-10(16-6-5-14-8-16)3-4-11(12)15-13(17)18/h3-9H,1-2H3,(H,15,18). The maximum atomic E-state index is 5.36. The summed E-state index contributed by atoms with van der Waals surface area (Å²) in [5, 5.41) is 0. The van der Waals surface area contributed by atoms with Crippen LogP contribution in [0.15, 0.2) is 36.9 Å².